The van der Waals surface area contributed by atoms with E-state index in [9.17, 15) is 9.59 Å². The third kappa shape index (κ3) is 5.68. The average molecular weight is 454 g/mol. The molecular formula is C23H33Cl2N3O2. The summed E-state index contributed by atoms with van der Waals surface area (Å²) in [6.45, 7) is 7.64. The topological polar surface area (TPSA) is 52.7 Å². The van der Waals surface area contributed by atoms with Crippen molar-refractivity contribution in [3.05, 3.63) is 33.8 Å². The minimum atomic E-state index is -0.0899. The van der Waals surface area contributed by atoms with E-state index in [1.54, 1.807) is 18.2 Å². The number of carbonyl (C=O) groups is 2. The van der Waals surface area contributed by atoms with Crippen LogP contribution in [0.2, 0.25) is 10.0 Å². The second-order valence-electron chi connectivity index (χ2n) is 8.70. The minimum absolute atomic E-state index is 0.0741. The number of nitrogens with one attached hydrogen (secondary N) is 1. The number of nitrogens with zero attached hydrogens (tertiary/aromatic N) is 2. The normalized spacial score (nSPS) is 20.2. The highest BCUT2D eigenvalue weighted by Gasteiger charge is 2.37. The third-order valence-electron chi connectivity index (χ3n) is 6.59. The quantitative estimate of drug-likeness (QED) is 0.662. The Kier molecular flexibility index (Phi) is 8.44. The average Bonchev–Trinajstić information content (AvgIpc) is 3.26. The van der Waals surface area contributed by atoms with Crippen LogP contribution in [0.15, 0.2) is 18.2 Å². The van der Waals surface area contributed by atoms with Gasteiger partial charge in [-0.25, -0.2) is 0 Å². The summed E-state index contributed by atoms with van der Waals surface area (Å²) in [4.78, 5) is 30.1. The molecule has 1 saturated heterocycles. The Morgan fingerprint density at radius 3 is 2.40 bits per heavy atom. The van der Waals surface area contributed by atoms with Crippen LogP contribution in [-0.4, -0.2) is 60.4 Å². The zero-order valence-electron chi connectivity index (χ0n) is 18.0. The number of rotatable bonds is 7. The molecule has 2 fully saturated rings. The van der Waals surface area contributed by atoms with Gasteiger partial charge in [0, 0.05) is 37.7 Å². The van der Waals surface area contributed by atoms with Gasteiger partial charge in [-0.05, 0) is 42.9 Å². The van der Waals surface area contributed by atoms with Crippen LogP contribution in [-0.2, 0) is 4.79 Å². The first-order valence-electron chi connectivity index (χ1n) is 11.2. The van der Waals surface area contributed by atoms with Crippen molar-refractivity contribution in [2.45, 2.75) is 52.0 Å². The summed E-state index contributed by atoms with van der Waals surface area (Å²) in [6, 6.07) is 4.88. The summed E-state index contributed by atoms with van der Waals surface area (Å²) in [5.74, 6) is 0.976. The van der Waals surface area contributed by atoms with Gasteiger partial charge in [-0.3, -0.25) is 14.5 Å². The van der Waals surface area contributed by atoms with E-state index in [-0.39, 0.29) is 17.9 Å². The smallest absolute Gasteiger partial charge is 0.255 e. The lowest BCUT2D eigenvalue weighted by atomic mass is 9.94. The lowest BCUT2D eigenvalue weighted by Crippen LogP contribution is -2.58. The van der Waals surface area contributed by atoms with Gasteiger partial charge in [0.05, 0.1) is 16.6 Å². The van der Waals surface area contributed by atoms with E-state index >= 15 is 0 Å². The lowest BCUT2D eigenvalue weighted by molar-refractivity contribution is -0.129. The van der Waals surface area contributed by atoms with Crippen LogP contribution < -0.4 is 5.32 Å². The molecule has 1 aromatic carbocycles. The number of amides is 2. The predicted molar refractivity (Wildman–Crippen MR) is 122 cm³/mol. The van der Waals surface area contributed by atoms with Gasteiger partial charge in [-0.1, -0.05) is 56.3 Å². The van der Waals surface area contributed by atoms with Crippen molar-refractivity contribution >= 4 is 35.0 Å². The van der Waals surface area contributed by atoms with Gasteiger partial charge in [0.15, 0.2) is 0 Å². The molecule has 2 atom stereocenters. The van der Waals surface area contributed by atoms with E-state index in [4.69, 9.17) is 23.2 Å². The maximum atomic E-state index is 13.1. The number of hydrogen-bond donors (Lipinski definition) is 1. The van der Waals surface area contributed by atoms with Gasteiger partial charge in [-0.2, -0.15) is 0 Å². The van der Waals surface area contributed by atoms with Crippen LogP contribution in [0.1, 0.15) is 56.3 Å². The molecule has 1 aromatic rings. The van der Waals surface area contributed by atoms with Crippen molar-refractivity contribution in [1.29, 1.82) is 0 Å². The molecule has 3 rings (SSSR count). The first-order chi connectivity index (χ1) is 14.4. The van der Waals surface area contributed by atoms with E-state index < -0.39 is 0 Å². The fraction of sp³-hybridized carbons (Fsp3) is 0.652. The second kappa shape index (κ2) is 10.8. The molecule has 0 bridgehead atoms. The molecule has 1 aliphatic carbocycles. The van der Waals surface area contributed by atoms with E-state index in [1.807, 2.05) is 4.90 Å². The van der Waals surface area contributed by atoms with Gasteiger partial charge in [0.25, 0.3) is 5.91 Å². The molecule has 0 radical (unpaired) electrons. The number of benzene rings is 1. The zero-order valence-corrected chi connectivity index (χ0v) is 19.5. The van der Waals surface area contributed by atoms with Crippen LogP contribution in [0.25, 0.3) is 0 Å². The summed E-state index contributed by atoms with van der Waals surface area (Å²) >= 11 is 12.2. The van der Waals surface area contributed by atoms with Gasteiger partial charge in [0.1, 0.15) is 0 Å². The van der Waals surface area contributed by atoms with Crippen LogP contribution in [0.5, 0.6) is 0 Å². The van der Waals surface area contributed by atoms with Gasteiger partial charge in [0.2, 0.25) is 5.91 Å². The molecule has 166 valence electrons. The van der Waals surface area contributed by atoms with Gasteiger partial charge in [-0.15, -0.1) is 0 Å². The fourth-order valence-electron chi connectivity index (χ4n) is 4.51. The number of halogens is 2. The maximum absolute atomic E-state index is 13.1. The molecular weight excluding hydrogens is 421 g/mol. The van der Waals surface area contributed by atoms with E-state index in [1.165, 1.54) is 12.8 Å². The Bertz CT molecular complexity index is 744. The molecule has 5 nitrogen and oxygen atoms in total. The number of carbonyl (C=O) groups excluding carboxylic acids is 2. The van der Waals surface area contributed by atoms with Crippen LogP contribution >= 0.6 is 23.2 Å². The monoisotopic (exact) mass is 453 g/mol. The molecule has 7 heteroatoms. The largest absolute Gasteiger partial charge is 0.354 e. The molecule has 1 aliphatic heterocycles. The molecule has 30 heavy (non-hydrogen) atoms. The number of piperazine rings is 1. The Hall–Kier alpha value is -1.30. The molecule has 2 amide bonds. The van der Waals surface area contributed by atoms with Gasteiger partial charge < -0.3 is 10.2 Å². The van der Waals surface area contributed by atoms with Crippen molar-refractivity contribution in [3.63, 3.8) is 0 Å². The molecule has 2 aliphatic rings. The lowest BCUT2D eigenvalue weighted by Gasteiger charge is -2.41. The fourth-order valence-corrected chi connectivity index (χ4v) is 5.00. The summed E-state index contributed by atoms with van der Waals surface area (Å²) in [5, 5.41) is 4.08. The third-order valence-corrected chi connectivity index (χ3v) is 7.14. The van der Waals surface area contributed by atoms with Crippen LogP contribution in [0.3, 0.4) is 0 Å². The van der Waals surface area contributed by atoms with Gasteiger partial charge >= 0.3 is 0 Å². The van der Waals surface area contributed by atoms with E-state index in [2.05, 4.69) is 24.1 Å². The Balaban J connectivity index is 1.63. The molecule has 0 aromatic heterocycles. The molecule has 0 unspecified atom stereocenters. The summed E-state index contributed by atoms with van der Waals surface area (Å²) in [5.41, 5.74) is 0.480. The first-order valence-corrected chi connectivity index (χ1v) is 11.9. The maximum Gasteiger partial charge on any atom is 0.255 e. The summed E-state index contributed by atoms with van der Waals surface area (Å²) < 4.78 is 0. The van der Waals surface area contributed by atoms with Crippen molar-refractivity contribution in [2.75, 3.05) is 32.7 Å². The second-order valence-corrected chi connectivity index (χ2v) is 9.54. The highest BCUT2D eigenvalue weighted by molar-refractivity contribution is 6.36. The Labute approximate surface area is 190 Å². The molecule has 1 N–H and O–H groups in total. The predicted octanol–water partition coefficient (Wildman–Crippen LogP) is 4.47. The summed E-state index contributed by atoms with van der Waals surface area (Å²) in [7, 11) is 0. The SMILES string of the molecule is CC[C@@H](C)CNC(=O)[C@H](C1CCCC1)N1CCN(C(=O)c2ccc(Cl)cc2Cl)CC1. The number of hydrogen-bond acceptors (Lipinski definition) is 3. The molecule has 0 spiro atoms. The highest BCUT2D eigenvalue weighted by Crippen LogP contribution is 2.31. The zero-order chi connectivity index (χ0) is 21.7. The van der Waals surface area contributed by atoms with Crippen LogP contribution in [0.4, 0.5) is 0 Å². The molecule has 1 saturated carbocycles. The van der Waals surface area contributed by atoms with Crippen molar-refractivity contribution in [2.24, 2.45) is 11.8 Å². The standard InChI is InChI=1S/C23H33Cl2N3O2/c1-3-16(2)15-26-22(29)21(17-6-4-5-7-17)27-10-12-28(13-11-27)23(30)19-9-8-18(24)14-20(19)25/h8-9,14,16-17,21H,3-7,10-13,15H2,1-2H3,(H,26,29)/t16-,21+/m1/s1. The van der Waals surface area contributed by atoms with Crippen molar-refractivity contribution < 1.29 is 9.59 Å². The van der Waals surface area contributed by atoms with Crippen molar-refractivity contribution in [1.82, 2.24) is 15.1 Å². The Morgan fingerprint density at radius 2 is 1.80 bits per heavy atom. The Morgan fingerprint density at radius 1 is 1.13 bits per heavy atom. The van der Waals surface area contributed by atoms with E-state index in [0.717, 1.165) is 25.8 Å². The minimum Gasteiger partial charge on any atom is -0.354 e. The first kappa shape index (κ1) is 23.4. The van der Waals surface area contributed by atoms with E-state index in [0.29, 0.717) is 53.6 Å². The summed E-state index contributed by atoms with van der Waals surface area (Å²) in [6.07, 6.45) is 5.69. The van der Waals surface area contributed by atoms with Crippen LogP contribution in [0, 0.1) is 11.8 Å². The van der Waals surface area contributed by atoms with Crippen molar-refractivity contribution in [3.8, 4) is 0 Å². The highest BCUT2D eigenvalue weighted by atomic mass is 35.5. The molecule has 1 heterocycles.